The Morgan fingerprint density at radius 3 is 1.02 bits per heavy atom. The zero-order valence-corrected chi connectivity index (χ0v) is 33.0. The van der Waals surface area contributed by atoms with E-state index in [-0.39, 0.29) is 37.9 Å². The first-order valence-corrected chi connectivity index (χ1v) is 17.1. The van der Waals surface area contributed by atoms with Gasteiger partial charge in [0, 0.05) is 0 Å². The first kappa shape index (κ1) is 37.6. The maximum Gasteiger partial charge on any atom is -0.0126 e. The van der Waals surface area contributed by atoms with E-state index in [2.05, 4.69) is 171 Å². The smallest absolute Gasteiger partial charge is 0.0126 e. The lowest BCUT2D eigenvalue weighted by Gasteiger charge is -2.46. The first-order chi connectivity index (χ1) is 18.7. The highest BCUT2D eigenvalue weighted by atomic mass is 14.5. The van der Waals surface area contributed by atoms with Gasteiger partial charge in [0.25, 0.3) is 0 Å². The van der Waals surface area contributed by atoms with Crippen molar-refractivity contribution in [1.82, 2.24) is 0 Å². The van der Waals surface area contributed by atoms with E-state index in [1.165, 1.54) is 16.7 Å². The summed E-state index contributed by atoms with van der Waals surface area (Å²) in [6, 6.07) is 7.39. The average molecular weight is 589 g/mol. The molecular formula is C43H72. The summed E-state index contributed by atoms with van der Waals surface area (Å²) in [6.07, 6.45) is 1.05. The fraction of sp³-hybridized carbons (Fsp3) is 0.721. The molecule has 0 nitrogen and oxygen atoms in total. The van der Waals surface area contributed by atoms with E-state index in [0.717, 1.165) is 6.42 Å². The summed E-state index contributed by atoms with van der Waals surface area (Å²) in [5.74, 6) is 0.395. The van der Waals surface area contributed by atoms with Gasteiger partial charge in [0.05, 0.1) is 0 Å². The van der Waals surface area contributed by atoms with Gasteiger partial charge in [-0.3, -0.25) is 0 Å². The summed E-state index contributed by atoms with van der Waals surface area (Å²) in [7, 11) is 0. The molecule has 2 aromatic carbocycles. The maximum atomic E-state index is 2.52. The normalized spacial score (nSPS) is 15.2. The Bertz CT molecular complexity index is 1240. The molecule has 0 aliphatic heterocycles. The molecule has 2 aromatic rings. The Kier molecular flexibility index (Phi) is 9.93. The standard InChI is InChI=1S/C43H72/c1-27(29-24-23-28(37(2,3)4)26-31(29)38(5,6)7)25-30-32(39(8,9)10)34(41(14,15)16)36(43(20,21)22)35(42(17,18)19)33(30)40(11,12)13/h23-24,26-27H,25H2,1-22H3. The molecule has 0 amide bonds. The van der Waals surface area contributed by atoms with Crippen LogP contribution in [0.2, 0.25) is 0 Å². The molecule has 43 heavy (non-hydrogen) atoms. The van der Waals surface area contributed by atoms with E-state index in [1.807, 2.05) is 0 Å². The van der Waals surface area contributed by atoms with Gasteiger partial charge in [0.2, 0.25) is 0 Å². The Balaban J connectivity index is 3.26. The quantitative estimate of drug-likeness (QED) is 0.334. The minimum Gasteiger partial charge on any atom is -0.0582 e. The van der Waals surface area contributed by atoms with Crippen LogP contribution in [0.25, 0.3) is 0 Å². The molecule has 1 unspecified atom stereocenters. The van der Waals surface area contributed by atoms with Crippen molar-refractivity contribution in [2.75, 3.05) is 0 Å². The number of benzene rings is 2. The maximum absolute atomic E-state index is 2.52. The van der Waals surface area contributed by atoms with Crippen LogP contribution >= 0.6 is 0 Å². The van der Waals surface area contributed by atoms with Crippen LogP contribution in [0.5, 0.6) is 0 Å². The topological polar surface area (TPSA) is 0 Å². The summed E-state index contributed by atoms with van der Waals surface area (Å²) < 4.78 is 0. The number of hydrogen-bond donors (Lipinski definition) is 0. The fourth-order valence-electron chi connectivity index (χ4n) is 7.43. The van der Waals surface area contributed by atoms with Crippen LogP contribution in [-0.2, 0) is 44.3 Å². The van der Waals surface area contributed by atoms with Gasteiger partial charge in [0.15, 0.2) is 0 Å². The molecule has 0 aliphatic rings. The number of rotatable bonds is 3. The van der Waals surface area contributed by atoms with Crippen molar-refractivity contribution in [3.8, 4) is 0 Å². The van der Waals surface area contributed by atoms with E-state index in [0.29, 0.717) is 5.92 Å². The third-order valence-corrected chi connectivity index (χ3v) is 9.12. The van der Waals surface area contributed by atoms with Gasteiger partial charge in [-0.1, -0.05) is 171 Å². The summed E-state index contributed by atoms with van der Waals surface area (Å²) in [5, 5.41) is 0. The van der Waals surface area contributed by atoms with Crippen LogP contribution in [-0.4, -0.2) is 0 Å². The molecule has 0 spiro atoms. The van der Waals surface area contributed by atoms with E-state index >= 15 is 0 Å². The Labute approximate surface area is 270 Å². The monoisotopic (exact) mass is 589 g/mol. The third kappa shape index (κ3) is 8.19. The molecule has 244 valence electrons. The fourth-order valence-corrected chi connectivity index (χ4v) is 7.43. The Morgan fingerprint density at radius 1 is 0.419 bits per heavy atom. The second-order valence-corrected chi connectivity index (χ2v) is 21.0. The van der Waals surface area contributed by atoms with Crippen LogP contribution in [0.3, 0.4) is 0 Å². The van der Waals surface area contributed by atoms with Gasteiger partial charge in [-0.25, -0.2) is 0 Å². The SMILES string of the molecule is CC(Cc1c(C(C)(C)C)c(C(C)(C)C)c(C(C)(C)C)c(C(C)(C)C)c1C(C)(C)C)c1ccc(C(C)(C)C)cc1C(C)(C)C. The highest BCUT2D eigenvalue weighted by Crippen LogP contribution is 2.52. The van der Waals surface area contributed by atoms with Crippen molar-refractivity contribution in [1.29, 1.82) is 0 Å². The molecule has 2 rings (SSSR count). The van der Waals surface area contributed by atoms with Crippen molar-refractivity contribution in [2.45, 2.75) is 203 Å². The zero-order valence-electron chi connectivity index (χ0n) is 33.0. The largest absolute Gasteiger partial charge is 0.0582 e. The molecule has 0 N–H and O–H groups in total. The molecule has 0 aromatic heterocycles. The summed E-state index contributed by atoms with van der Waals surface area (Å²) >= 11 is 0. The predicted octanol–water partition coefficient (Wildman–Crippen LogP) is 13.1. The molecule has 0 heterocycles. The second-order valence-electron chi connectivity index (χ2n) is 21.0. The molecule has 1 atom stereocenters. The van der Waals surface area contributed by atoms with Gasteiger partial charge in [0.1, 0.15) is 0 Å². The van der Waals surface area contributed by atoms with Crippen LogP contribution in [0, 0.1) is 0 Å². The molecule has 0 heteroatoms. The highest BCUT2D eigenvalue weighted by Gasteiger charge is 2.42. The van der Waals surface area contributed by atoms with Gasteiger partial charge < -0.3 is 0 Å². The van der Waals surface area contributed by atoms with Crippen LogP contribution < -0.4 is 0 Å². The minimum atomic E-state index is 0.0109. The minimum absolute atomic E-state index is 0.0109. The van der Waals surface area contributed by atoms with E-state index < -0.39 is 0 Å². The predicted molar refractivity (Wildman–Crippen MR) is 196 cm³/mol. The van der Waals surface area contributed by atoms with E-state index in [1.54, 1.807) is 33.4 Å². The van der Waals surface area contributed by atoms with Gasteiger partial charge >= 0.3 is 0 Å². The lowest BCUT2D eigenvalue weighted by molar-refractivity contribution is 0.451. The summed E-state index contributed by atoms with van der Waals surface area (Å²) in [5.41, 5.74) is 14.3. The zero-order chi connectivity index (χ0) is 34.1. The Morgan fingerprint density at radius 2 is 0.744 bits per heavy atom. The van der Waals surface area contributed by atoms with Crippen molar-refractivity contribution in [3.05, 3.63) is 68.3 Å². The van der Waals surface area contributed by atoms with Gasteiger partial charge in [-0.05, 0) is 100 Å². The molecule has 0 aliphatic carbocycles. The van der Waals surface area contributed by atoms with Crippen LogP contribution in [0.4, 0.5) is 0 Å². The molecule has 0 saturated carbocycles. The lowest BCUT2D eigenvalue weighted by Crippen LogP contribution is -2.37. The van der Waals surface area contributed by atoms with Crippen molar-refractivity contribution in [2.24, 2.45) is 0 Å². The average Bonchev–Trinajstić information content (AvgIpc) is 2.72. The summed E-state index contributed by atoms with van der Waals surface area (Å²) in [4.78, 5) is 0. The first-order valence-electron chi connectivity index (χ1n) is 17.1. The molecule has 0 radical (unpaired) electrons. The van der Waals surface area contributed by atoms with Crippen molar-refractivity contribution in [3.63, 3.8) is 0 Å². The molecule has 0 bridgehead atoms. The van der Waals surface area contributed by atoms with Crippen LogP contribution in [0.1, 0.15) is 208 Å². The Hall–Kier alpha value is -1.56. The van der Waals surface area contributed by atoms with E-state index in [4.69, 9.17) is 0 Å². The third-order valence-electron chi connectivity index (χ3n) is 9.12. The van der Waals surface area contributed by atoms with Gasteiger partial charge in [-0.15, -0.1) is 0 Å². The molecular weight excluding hydrogens is 516 g/mol. The highest BCUT2D eigenvalue weighted by molar-refractivity contribution is 5.63. The van der Waals surface area contributed by atoms with E-state index in [9.17, 15) is 0 Å². The van der Waals surface area contributed by atoms with Crippen LogP contribution in [0.15, 0.2) is 18.2 Å². The lowest BCUT2D eigenvalue weighted by atomic mass is 9.58. The molecule has 0 saturated heterocycles. The second kappa shape index (κ2) is 11.4. The number of hydrogen-bond acceptors (Lipinski definition) is 0. The van der Waals surface area contributed by atoms with Crippen molar-refractivity contribution >= 4 is 0 Å². The summed E-state index contributed by atoms with van der Waals surface area (Å²) in [6.45, 7) is 53.5. The molecule has 0 fully saturated rings. The van der Waals surface area contributed by atoms with Crippen molar-refractivity contribution < 1.29 is 0 Å². The van der Waals surface area contributed by atoms with Gasteiger partial charge in [-0.2, -0.15) is 0 Å².